The molecule has 0 bridgehead atoms. The highest BCUT2D eigenvalue weighted by atomic mass is 16.8. The number of hydrogen-bond acceptors (Lipinski definition) is 2. The van der Waals surface area contributed by atoms with E-state index in [4.69, 9.17) is 31.9 Å². The zero-order chi connectivity index (χ0) is 7.15. The van der Waals surface area contributed by atoms with Crippen LogP contribution in [0.2, 0.25) is 0 Å². The van der Waals surface area contributed by atoms with Crippen molar-refractivity contribution in [3.05, 3.63) is 0 Å². The SMILES string of the molecule is C.N=[N+](O)O.N=[N+](O)O. The molecule has 0 aliphatic rings. The zero-order valence-corrected chi connectivity index (χ0v) is 3.68. The van der Waals surface area contributed by atoms with E-state index in [-0.39, 0.29) is 7.43 Å². The number of hydrogen-bond donors (Lipinski definition) is 6. The van der Waals surface area contributed by atoms with Crippen molar-refractivity contribution < 1.29 is 30.9 Å². The molecule has 0 unspecified atom stereocenters. The second-order valence-corrected chi connectivity index (χ2v) is 0.579. The third-order valence-corrected chi connectivity index (χ3v) is 0. The van der Waals surface area contributed by atoms with E-state index in [0.717, 1.165) is 0 Å². The Balaban J connectivity index is -0.0000000720. The lowest BCUT2D eigenvalue weighted by Crippen LogP contribution is -1.86. The predicted octanol–water partition coefficient (Wildman–Crippen LogP) is 0.253. The van der Waals surface area contributed by atoms with Crippen LogP contribution in [0, 0.1) is 11.1 Å². The van der Waals surface area contributed by atoms with Crippen LogP contribution in [-0.2, 0) is 0 Å². The van der Waals surface area contributed by atoms with Gasteiger partial charge in [-0.3, -0.25) is 0 Å². The Morgan fingerprint density at radius 3 is 0.778 bits per heavy atom. The Morgan fingerprint density at radius 1 is 0.778 bits per heavy atom. The van der Waals surface area contributed by atoms with Crippen molar-refractivity contribution in [1.29, 1.82) is 11.1 Å². The first-order valence-electron chi connectivity index (χ1n) is 1.25. The van der Waals surface area contributed by atoms with Crippen LogP contribution in [0.1, 0.15) is 7.43 Å². The van der Waals surface area contributed by atoms with E-state index in [9.17, 15) is 0 Å². The van der Waals surface area contributed by atoms with E-state index in [1.165, 1.54) is 0 Å². The average Bonchev–Trinajstić information content (AvgIpc) is 1.25. The van der Waals surface area contributed by atoms with Crippen LogP contribution < -0.4 is 0 Å². The van der Waals surface area contributed by atoms with Crippen LogP contribution in [0.5, 0.6) is 0 Å². The second kappa shape index (κ2) is 9.64. The van der Waals surface area contributed by atoms with Crippen LogP contribution in [0.4, 0.5) is 0 Å². The molecule has 0 heterocycles. The van der Waals surface area contributed by atoms with Gasteiger partial charge in [-0.05, 0) is 0 Å². The molecular formula is CH10N4O4+2. The van der Waals surface area contributed by atoms with E-state index >= 15 is 0 Å². The standard InChI is InChI=1S/CH4.2H3N2O2/c;2*1-2(3)4/h1H4;2*(H3,1,3,4)/q;2*+1. The molecule has 0 aromatic heterocycles. The monoisotopic (exact) mass is 142 g/mol. The molecule has 0 aliphatic heterocycles. The van der Waals surface area contributed by atoms with Gasteiger partial charge >= 0.3 is 10.0 Å². The Labute approximate surface area is 50.6 Å². The number of nitrogens with zero attached hydrogens (tertiary/aromatic N) is 2. The summed E-state index contributed by atoms with van der Waals surface area (Å²) in [6.45, 7) is 0. The van der Waals surface area contributed by atoms with Gasteiger partial charge in [0, 0.05) is 11.1 Å². The minimum absolute atomic E-state index is 0. The molecule has 0 saturated heterocycles. The number of rotatable bonds is 0. The third-order valence-electron chi connectivity index (χ3n) is 0. The van der Waals surface area contributed by atoms with Crippen molar-refractivity contribution in [3.8, 4) is 0 Å². The van der Waals surface area contributed by atoms with Crippen LogP contribution >= 0.6 is 0 Å². The normalized spacial score (nSPS) is 5.33. The van der Waals surface area contributed by atoms with Crippen molar-refractivity contribution in [1.82, 2.24) is 0 Å². The van der Waals surface area contributed by atoms with Gasteiger partial charge < -0.3 is 0 Å². The maximum absolute atomic E-state index is 7.11. The highest BCUT2D eigenvalue weighted by Gasteiger charge is 1.69. The Bertz CT molecular complexity index is 70.6. The van der Waals surface area contributed by atoms with Gasteiger partial charge in [-0.15, -0.1) is 0 Å². The minimum Gasteiger partial charge on any atom is -0.221 e. The maximum Gasteiger partial charge on any atom is 0.326 e. The van der Waals surface area contributed by atoms with Gasteiger partial charge in [-0.2, -0.15) is 0 Å². The quantitative estimate of drug-likeness (QED) is 0.213. The van der Waals surface area contributed by atoms with Crippen molar-refractivity contribution >= 4 is 0 Å². The predicted molar refractivity (Wildman–Crippen MR) is 19.8 cm³/mol. The summed E-state index contributed by atoms with van der Waals surface area (Å²) >= 11 is 0. The molecule has 0 spiro atoms. The Morgan fingerprint density at radius 2 is 0.778 bits per heavy atom. The van der Waals surface area contributed by atoms with Gasteiger partial charge in [0.25, 0.3) is 0 Å². The Hall–Kier alpha value is -1.60. The summed E-state index contributed by atoms with van der Waals surface area (Å²) in [4.78, 5) is 0. The molecule has 6 N–H and O–H groups in total. The Kier molecular flexibility index (Phi) is 16.8. The van der Waals surface area contributed by atoms with Gasteiger partial charge in [0.1, 0.15) is 0 Å². The van der Waals surface area contributed by atoms with Crippen LogP contribution in [-0.4, -0.2) is 30.9 Å². The van der Waals surface area contributed by atoms with Gasteiger partial charge in [-0.1, -0.05) is 7.43 Å². The molecule has 9 heavy (non-hydrogen) atoms. The van der Waals surface area contributed by atoms with E-state index in [1.54, 1.807) is 0 Å². The molecule has 8 heteroatoms. The van der Waals surface area contributed by atoms with Crippen LogP contribution in [0.3, 0.4) is 0 Å². The van der Waals surface area contributed by atoms with Crippen molar-refractivity contribution in [2.45, 2.75) is 7.43 Å². The van der Waals surface area contributed by atoms with Gasteiger partial charge in [-0.25, -0.2) is 20.8 Å². The molecule has 0 radical (unpaired) electrons. The largest absolute Gasteiger partial charge is 0.326 e. The zero-order valence-electron chi connectivity index (χ0n) is 3.68. The average molecular weight is 142 g/mol. The van der Waals surface area contributed by atoms with Crippen molar-refractivity contribution in [3.63, 3.8) is 0 Å². The van der Waals surface area contributed by atoms with Gasteiger partial charge in [0.05, 0.1) is 0 Å². The summed E-state index contributed by atoms with van der Waals surface area (Å²) in [7, 11) is 0. The summed E-state index contributed by atoms with van der Waals surface area (Å²) in [5.74, 6) is 0. The smallest absolute Gasteiger partial charge is 0.221 e. The maximum atomic E-state index is 7.11. The summed E-state index contributed by atoms with van der Waals surface area (Å²) in [6, 6.07) is 0. The minimum atomic E-state index is -0.750. The van der Waals surface area contributed by atoms with E-state index in [1.807, 2.05) is 0 Å². The third kappa shape index (κ3) is 48.4. The fourth-order valence-electron chi connectivity index (χ4n) is 0. The first-order chi connectivity index (χ1) is 3.46. The molecule has 0 aliphatic carbocycles. The van der Waals surface area contributed by atoms with E-state index in [2.05, 4.69) is 0 Å². The first-order valence-corrected chi connectivity index (χ1v) is 1.25. The molecule has 0 aromatic carbocycles. The molecule has 8 nitrogen and oxygen atoms in total. The molecule has 0 rings (SSSR count). The van der Waals surface area contributed by atoms with Crippen molar-refractivity contribution in [2.24, 2.45) is 0 Å². The summed E-state index contributed by atoms with van der Waals surface area (Å²) in [5, 5.41) is 26.9. The molecule has 0 fully saturated rings. The topological polar surface area (TPSA) is 135 Å². The lowest BCUT2D eigenvalue weighted by molar-refractivity contribution is -1.01. The molecule has 0 saturated carbocycles. The molecule has 0 aromatic rings. The van der Waals surface area contributed by atoms with Gasteiger partial charge in [0.2, 0.25) is 0 Å². The molecule has 0 amide bonds. The highest BCUT2D eigenvalue weighted by molar-refractivity contribution is 2.50. The van der Waals surface area contributed by atoms with E-state index < -0.39 is 10.0 Å². The van der Waals surface area contributed by atoms with Crippen molar-refractivity contribution in [2.75, 3.05) is 0 Å². The van der Waals surface area contributed by atoms with Crippen LogP contribution in [0.15, 0.2) is 0 Å². The summed E-state index contributed by atoms with van der Waals surface area (Å²) < 4.78 is 0. The van der Waals surface area contributed by atoms with E-state index in [0.29, 0.717) is 0 Å². The molecule has 0 atom stereocenters. The molecular weight excluding hydrogens is 132 g/mol. The fraction of sp³-hybridized carbons (Fsp3) is 1.00. The van der Waals surface area contributed by atoms with Gasteiger partial charge in [0.15, 0.2) is 0 Å². The number of nitrogens with one attached hydrogen (secondary N) is 2. The first kappa shape index (κ1) is 15.7. The summed E-state index contributed by atoms with van der Waals surface area (Å²) in [5.41, 5.74) is 11.1. The lowest BCUT2D eigenvalue weighted by Gasteiger charge is -1.52. The fourth-order valence-corrected chi connectivity index (χ4v) is 0. The van der Waals surface area contributed by atoms with Crippen LogP contribution in [0.25, 0.3) is 0 Å². The molecule has 56 valence electrons. The second-order valence-electron chi connectivity index (χ2n) is 0.579. The lowest BCUT2D eigenvalue weighted by atomic mass is 12.0. The highest BCUT2D eigenvalue weighted by Crippen LogP contribution is 1.32. The summed E-state index contributed by atoms with van der Waals surface area (Å²) in [6.07, 6.45) is 0.